The summed E-state index contributed by atoms with van der Waals surface area (Å²) >= 11 is 0. The Hall–Kier alpha value is -0.170. The molecule has 0 aromatic carbocycles. The fourth-order valence-corrected chi connectivity index (χ4v) is 1.88. The van der Waals surface area contributed by atoms with Crippen molar-refractivity contribution in [3.8, 4) is 0 Å². The topological polar surface area (TPSA) is 75.6 Å². The van der Waals surface area contributed by atoms with Gasteiger partial charge in [0.1, 0.15) is 0 Å². The zero-order valence-electron chi connectivity index (χ0n) is 9.40. The van der Waals surface area contributed by atoms with E-state index in [4.69, 9.17) is 9.84 Å². The van der Waals surface area contributed by atoms with Crippen LogP contribution in [0.25, 0.3) is 0 Å². The number of hydrogen-bond donors (Lipinski definition) is 2. The molecule has 6 heteroatoms. The maximum atomic E-state index is 11.2. The Morgan fingerprint density at radius 2 is 2.13 bits per heavy atom. The van der Waals surface area contributed by atoms with E-state index in [0.29, 0.717) is 19.6 Å². The van der Waals surface area contributed by atoms with Crippen molar-refractivity contribution in [2.45, 2.75) is 19.4 Å². The molecule has 0 aliphatic rings. The van der Waals surface area contributed by atoms with Gasteiger partial charge in [0.05, 0.1) is 12.4 Å². The fourth-order valence-electron chi connectivity index (χ4n) is 1.16. The standard InChI is InChI=1S/C9H21NO4S/c1-3-15(12,13)7-5-10-9(4-6-11)8-14-2/h9-11H,3-8H2,1-2H3. The summed E-state index contributed by atoms with van der Waals surface area (Å²) in [6, 6.07) is 0.0204. The van der Waals surface area contributed by atoms with E-state index in [0.717, 1.165) is 0 Å². The van der Waals surface area contributed by atoms with Gasteiger partial charge in [-0.15, -0.1) is 0 Å². The minimum atomic E-state index is -2.91. The van der Waals surface area contributed by atoms with Crippen molar-refractivity contribution in [1.29, 1.82) is 0 Å². The molecule has 0 spiro atoms. The second kappa shape index (κ2) is 8.04. The van der Waals surface area contributed by atoms with E-state index in [1.165, 1.54) is 0 Å². The monoisotopic (exact) mass is 239 g/mol. The predicted molar refractivity (Wildman–Crippen MR) is 59.7 cm³/mol. The summed E-state index contributed by atoms with van der Waals surface area (Å²) in [6.45, 7) is 2.59. The number of aliphatic hydroxyl groups excluding tert-OH is 1. The van der Waals surface area contributed by atoms with Gasteiger partial charge < -0.3 is 15.2 Å². The molecule has 1 atom stereocenters. The van der Waals surface area contributed by atoms with Crippen LogP contribution in [-0.2, 0) is 14.6 Å². The highest BCUT2D eigenvalue weighted by Crippen LogP contribution is 1.93. The van der Waals surface area contributed by atoms with Crippen molar-refractivity contribution in [2.75, 3.05) is 38.4 Å². The van der Waals surface area contributed by atoms with Gasteiger partial charge >= 0.3 is 0 Å². The van der Waals surface area contributed by atoms with Crippen molar-refractivity contribution in [3.05, 3.63) is 0 Å². The van der Waals surface area contributed by atoms with Crippen molar-refractivity contribution in [2.24, 2.45) is 0 Å². The highest BCUT2D eigenvalue weighted by molar-refractivity contribution is 7.91. The molecule has 0 saturated heterocycles. The third-order valence-corrected chi connectivity index (χ3v) is 3.84. The number of hydrogen-bond acceptors (Lipinski definition) is 5. The van der Waals surface area contributed by atoms with E-state index in [9.17, 15) is 8.42 Å². The van der Waals surface area contributed by atoms with Crippen LogP contribution in [-0.4, -0.2) is 57.9 Å². The minimum absolute atomic E-state index is 0.0204. The molecule has 0 aliphatic heterocycles. The highest BCUT2D eigenvalue weighted by Gasteiger charge is 2.10. The molecule has 0 heterocycles. The Morgan fingerprint density at radius 1 is 1.47 bits per heavy atom. The third kappa shape index (κ3) is 7.72. The average molecular weight is 239 g/mol. The maximum Gasteiger partial charge on any atom is 0.151 e. The first-order valence-electron chi connectivity index (χ1n) is 5.09. The van der Waals surface area contributed by atoms with Gasteiger partial charge in [-0.3, -0.25) is 0 Å². The Kier molecular flexibility index (Phi) is 7.95. The van der Waals surface area contributed by atoms with Crippen molar-refractivity contribution >= 4 is 9.84 Å². The van der Waals surface area contributed by atoms with Crippen LogP contribution < -0.4 is 5.32 Å². The Morgan fingerprint density at radius 3 is 2.60 bits per heavy atom. The molecule has 0 radical (unpaired) electrons. The molecule has 0 fully saturated rings. The lowest BCUT2D eigenvalue weighted by atomic mass is 10.2. The molecular formula is C9H21NO4S. The van der Waals surface area contributed by atoms with Crippen LogP contribution in [0, 0.1) is 0 Å². The first-order valence-corrected chi connectivity index (χ1v) is 6.91. The summed E-state index contributed by atoms with van der Waals surface area (Å²) in [5.74, 6) is 0.304. The molecule has 0 aromatic heterocycles. The summed E-state index contributed by atoms with van der Waals surface area (Å²) < 4.78 is 27.3. The molecule has 0 aromatic rings. The normalized spacial score (nSPS) is 14.1. The number of rotatable bonds is 9. The van der Waals surface area contributed by atoms with Gasteiger partial charge in [0.15, 0.2) is 9.84 Å². The summed E-state index contributed by atoms with van der Waals surface area (Å²) in [7, 11) is -1.33. The lowest BCUT2D eigenvalue weighted by Crippen LogP contribution is -2.37. The minimum Gasteiger partial charge on any atom is -0.396 e. The average Bonchev–Trinajstić information content (AvgIpc) is 2.18. The van der Waals surface area contributed by atoms with E-state index in [2.05, 4.69) is 5.32 Å². The van der Waals surface area contributed by atoms with Gasteiger partial charge in [-0.05, 0) is 6.42 Å². The lowest BCUT2D eigenvalue weighted by molar-refractivity contribution is 0.149. The van der Waals surface area contributed by atoms with Crippen LogP contribution in [0.4, 0.5) is 0 Å². The van der Waals surface area contributed by atoms with Crippen LogP contribution in [0.15, 0.2) is 0 Å². The van der Waals surface area contributed by atoms with Crippen LogP contribution in [0.1, 0.15) is 13.3 Å². The number of nitrogens with one attached hydrogen (secondary N) is 1. The van der Waals surface area contributed by atoms with E-state index in [-0.39, 0.29) is 24.2 Å². The molecule has 0 rings (SSSR count). The summed E-state index contributed by atoms with van der Waals surface area (Å²) in [6.07, 6.45) is 0.569. The molecule has 0 amide bonds. The van der Waals surface area contributed by atoms with Crippen molar-refractivity contribution in [1.82, 2.24) is 5.32 Å². The molecule has 15 heavy (non-hydrogen) atoms. The number of methoxy groups -OCH3 is 1. The molecule has 0 aliphatic carbocycles. The Labute approximate surface area is 91.7 Å². The Balaban J connectivity index is 3.79. The SMILES string of the molecule is CCS(=O)(=O)CCNC(CCO)COC. The first-order chi connectivity index (χ1) is 7.05. The molecule has 1 unspecified atom stereocenters. The summed E-state index contributed by atoms with van der Waals surface area (Å²) in [5.41, 5.74) is 0. The van der Waals surface area contributed by atoms with Gasteiger partial charge in [0.2, 0.25) is 0 Å². The van der Waals surface area contributed by atoms with Gasteiger partial charge in [0, 0.05) is 32.1 Å². The quantitative estimate of drug-likeness (QED) is 0.562. The predicted octanol–water partition coefficient (Wildman–Crippen LogP) is -0.592. The molecule has 2 N–H and O–H groups in total. The summed E-state index contributed by atoms with van der Waals surface area (Å²) in [5, 5.41) is 11.8. The van der Waals surface area contributed by atoms with Crippen LogP contribution >= 0.6 is 0 Å². The van der Waals surface area contributed by atoms with E-state index >= 15 is 0 Å². The number of aliphatic hydroxyl groups is 1. The molecule has 92 valence electrons. The largest absolute Gasteiger partial charge is 0.396 e. The van der Waals surface area contributed by atoms with Gasteiger partial charge in [-0.1, -0.05) is 6.92 Å². The molecular weight excluding hydrogens is 218 g/mol. The van der Waals surface area contributed by atoms with E-state index in [1.807, 2.05) is 0 Å². The number of sulfone groups is 1. The molecule has 0 saturated carbocycles. The Bertz CT molecular complexity index is 234. The molecule has 5 nitrogen and oxygen atoms in total. The van der Waals surface area contributed by atoms with Crippen LogP contribution in [0.3, 0.4) is 0 Å². The second-order valence-electron chi connectivity index (χ2n) is 3.36. The highest BCUT2D eigenvalue weighted by atomic mass is 32.2. The van der Waals surface area contributed by atoms with Gasteiger partial charge in [0.25, 0.3) is 0 Å². The van der Waals surface area contributed by atoms with Gasteiger partial charge in [-0.25, -0.2) is 8.42 Å². The first kappa shape index (κ1) is 14.8. The van der Waals surface area contributed by atoms with Crippen LogP contribution in [0.5, 0.6) is 0 Å². The maximum absolute atomic E-state index is 11.2. The van der Waals surface area contributed by atoms with E-state index in [1.54, 1.807) is 14.0 Å². The van der Waals surface area contributed by atoms with Crippen LogP contribution in [0.2, 0.25) is 0 Å². The van der Waals surface area contributed by atoms with Crippen molar-refractivity contribution in [3.63, 3.8) is 0 Å². The smallest absolute Gasteiger partial charge is 0.151 e. The van der Waals surface area contributed by atoms with Crippen molar-refractivity contribution < 1.29 is 18.3 Å². The summed E-state index contributed by atoms with van der Waals surface area (Å²) in [4.78, 5) is 0. The third-order valence-electron chi connectivity index (χ3n) is 2.13. The lowest BCUT2D eigenvalue weighted by Gasteiger charge is -2.16. The molecule has 0 bridgehead atoms. The number of ether oxygens (including phenoxy) is 1. The second-order valence-corrected chi connectivity index (χ2v) is 5.83. The van der Waals surface area contributed by atoms with E-state index < -0.39 is 9.84 Å². The zero-order valence-corrected chi connectivity index (χ0v) is 10.2. The van der Waals surface area contributed by atoms with Gasteiger partial charge in [-0.2, -0.15) is 0 Å². The fraction of sp³-hybridized carbons (Fsp3) is 1.00. The zero-order chi connectivity index (χ0) is 11.7.